The van der Waals surface area contributed by atoms with Crippen molar-refractivity contribution in [1.82, 2.24) is 0 Å². The molecule has 0 aliphatic carbocycles. The third kappa shape index (κ3) is 2.45. The molecule has 22 heavy (non-hydrogen) atoms. The normalized spacial score (nSPS) is 10.9. The van der Waals surface area contributed by atoms with Crippen LogP contribution >= 0.6 is 0 Å². The van der Waals surface area contributed by atoms with E-state index in [0.717, 1.165) is 6.07 Å². The summed E-state index contributed by atoms with van der Waals surface area (Å²) in [5, 5.41) is 1.62. The molecule has 0 aliphatic heterocycles. The highest BCUT2D eigenvalue weighted by Crippen LogP contribution is 2.37. The summed E-state index contributed by atoms with van der Waals surface area (Å²) in [4.78, 5) is 11.6. The van der Waals surface area contributed by atoms with Crippen LogP contribution < -0.4 is 4.74 Å². The minimum atomic E-state index is -0.927. The average molecular weight is 302 g/mol. The first-order valence-corrected chi connectivity index (χ1v) is 6.75. The zero-order chi connectivity index (χ0) is 15.7. The molecule has 0 heterocycles. The molecule has 0 spiro atoms. The number of hydrogen-bond donors (Lipinski definition) is 0. The van der Waals surface area contributed by atoms with E-state index in [9.17, 15) is 13.6 Å². The summed E-state index contributed by atoms with van der Waals surface area (Å²) in [6, 6.07) is 10.6. The molecule has 0 unspecified atom stereocenters. The van der Waals surface area contributed by atoms with Crippen molar-refractivity contribution >= 4 is 27.7 Å². The van der Waals surface area contributed by atoms with E-state index in [2.05, 4.69) is 0 Å². The van der Waals surface area contributed by atoms with Gasteiger partial charge in [-0.25, -0.2) is 13.6 Å². The van der Waals surface area contributed by atoms with Gasteiger partial charge in [-0.15, -0.1) is 0 Å². The second-order valence-electron chi connectivity index (χ2n) is 4.70. The molecule has 3 nitrogen and oxygen atoms in total. The lowest BCUT2D eigenvalue weighted by molar-refractivity contribution is 0.105. The Morgan fingerprint density at radius 1 is 1.09 bits per heavy atom. The fourth-order valence-corrected chi connectivity index (χ4v) is 2.42. The lowest BCUT2D eigenvalue weighted by Gasteiger charge is -2.12. The fraction of sp³-hybridized carbons (Fsp3) is 0.118. The number of rotatable bonds is 2. The van der Waals surface area contributed by atoms with E-state index >= 15 is 0 Å². The largest absolute Gasteiger partial charge is 0.513 e. The average Bonchev–Trinajstić information content (AvgIpc) is 2.46. The molecule has 0 amide bonds. The number of hydrogen-bond acceptors (Lipinski definition) is 3. The zero-order valence-electron chi connectivity index (χ0n) is 11.7. The molecule has 0 N–H and O–H groups in total. The van der Waals surface area contributed by atoms with Gasteiger partial charge in [0.05, 0.1) is 12.0 Å². The third-order valence-corrected chi connectivity index (χ3v) is 3.28. The van der Waals surface area contributed by atoms with Gasteiger partial charge in [0.1, 0.15) is 11.6 Å². The van der Waals surface area contributed by atoms with Crippen LogP contribution in [0.3, 0.4) is 0 Å². The number of carbonyl (C=O) groups excluding carboxylic acids is 1. The summed E-state index contributed by atoms with van der Waals surface area (Å²) in [7, 11) is 0. The fourth-order valence-electron chi connectivity index (χ4n) is 2.42. The number of fused-ring (bicyclic) bond motifs is 2. The van der Waals surface area contributed by atoms with Gasteiger partial charge in [-0.05, 0) is 29.8 Å². The topological polar surface area (TPSA) is 35.5 Å². The van der Waals surface area contributed by atoms with E-state index in [1.165, 1.54) is 6.07 Å². The van der Waals surface area contributed by atoms with Crippen molar-refractivity contribution in [3.8, 4) is 5.75 Å². The Morgan fingerprint density at radius 3 is 2.64 bits per heavy atom. The quantitative estimate of drug-likeness (QED) is 0.387. The van der Waals surface area contributed by atoms with Crippen LogP contribution in [0.15, 0.2) is 42.5 Å². The standard InChI is InChI=1S/C17H12F2O3/c1-2-21-17(20)22-16-13-6-4-3-5-10(13)7-11-8-12(18)9-14(19)15(11)16/h3-9H,2H2,1H3. The summed E-state index contributed by atoms with van der Waals surface area (Å²) in [5.74, 6) is -1.45. The Morgan fingerprint density at radius 2 is 1.86 bits per heavy atom. The maximum Gasteiger partial charge on any atom is 0.513 e. The van der Waals surface area contributed by atoms with Gasteiger partial charge in [0.2, 0.25) is 0 Å². The number of ether oxygens (including phenoxy) is 2. The van der Waals surface area contributed by atoms with E-state index in [1.54, 1.807) is 37.3 Å². The first kappa shape index (κ1) is 14.3. The van der Waals surface area contributed by atoms with Gasteiger partial charge in [0.15, 0.2) is 5.75 Å². The lowest BCUT2D eigenvalue weighted by atomic mass is 10.0. The molecule has 112 valence electrons. The molecule has 0 aliphatic rings. The molecule has 0 saturated heterocycles. The molecular weight excluding hydrogens is 290 g/mol. The maximum atomic E-state index is 14.2. The molecule has 3 aromatic rings. The van der Waals surface area contributed by atoms with Crippen molar-refractivity contribution in [2.24, 2.45) is 0 Å². The maximum absolute atomic E-state index is 14.2. The highest BCUT2D eigenvalue weighted by molar-refractivity contribution is 6.06. The summed E-state index contributed by atoms with van der Waals surface area (Å²) in [6.45, 7) is 1.77. The van der Waals surface area contributed by atoms with Crippen LogP contribution in [0.1, 0.15) is 6.92 Å². The second kappa shape index (κ2) is 5.60. The molecular formula is C17H12F2O3. The summed E-state index contributed by atoms with van der Waals surface area (Å²) in [6.07, 6.45) is -0.927. The van der Waals surface area contributed by atoms with E-state index in [4.69, 9.17) is 9.47 Å². The van der Waals surface area contributed by atoms with Crippen molar-refractivity contribution in [3.05, 3.63) is 54.1 Å². The molecule has 0 fully saturated rings. The van der Waals surface area contributed by atoms with Crippen LogP contribution in [0.5, 0.6) is 5.75 Å². The smallest absolute Gasteiger partial charge is 0.434 e. The van der Waals surface area contributed by atoms with Crippen molar-refractivity contribution in [2.75, 3.05) is 6.61 Å². The Hall–Kier alpha value is -2.69. The SMILES string of the molecule is CCOC(=O)Oc1c2ccccc2cc2cc(F)cc(F)c12. The molecule has 3 rings (SSSR count). The van der Waals surface area contributed by atoms with E-state index < -0.39 is 17.8 Å². The number of halogens is 2. The van der Waals surface area contributed by atoms with Crippen LogP contribution in [0.25, 0.3) is 21.5 Å². The minimum Gasteiger partial charge on any atom is -0.434 e. The molecule has 3 aromatic carbocycles. The van der Waals surface area contributed by atoms with Crippen LogP contribution in [0.2, 0.25) is 0 Å². The van der Waals surface area contributed by atoms with Crippen molar-refractivity contribution < 1.29 is 23.0 Å². The van der Waals surface area contributed by atoms with Crippen molar-refractivity contribution in [3.63, 3.8) is 0 Å². The molecule has 0 saturated carbocycles. The number of carbonyl (C=O) groups is 1. The summed E-state index contributed by atoms with van der Waals surface area (Å²) >= 11 is 0. The van der Waals surface area contributed by atoms with Crippen molar-refractivity contribution in [2.45, 2.75) is 6.92 Å². The molecule has 0 radical (unpaired) electrons. The van der Waals surface area contributed by atoms with Gasteiger partial charge in [0, 0.05) is 11.5 Å². The van der Waals surface area contributed by atoms with E-state index in [1.807, 2.05) is 0 Å². The minimum absolute atomic E-state index is 0.0315. The first-order chi connectivity index (χ1) is 10.6. The Balaban J connectivity index is 2.33. The van der Waals surface area contributed by atoms with E-state index in [-0.39, 0.29) is 17.7 Å². The molecule has 5 heteroatoms. The van der Waals surface area contributed by atoms with Crippen LogP contribution in [-0.2, 0) is 4.74 Å². The van der Waals surface area contributed by atoms with Gasteiger partial charge < -0.3 is 9.47 Å². The first-order valence-electron chi connectivity index (χ1n) is 6.75. The summed E-state index contributed by atoms with van der Waals surface area (Å²) in [5.41, 5.74) is 0. The molecule has 0 bridgehead atoms. The second-order valence-corrected chi connectivity index (χ2v) is 4.70. The van der Waals surface area contributed by atoms with Crippen molar-refractivity contribution in [1.29, 1.82) is 0 Å². The van der Waals surface area contributed by atoms with Crippen LogP contribution in [-0.4, -0.2) is 12.8 Å². The van der Waals surface area contributed by atoms with Gasteiger partial charge in [-0.1, -0.05) is 24.3 Å². The van der Waals surface area contributed by atoms with Crippen LogP contribution in [0.4, 0.5) is 13.6 Å². The predicted molar refractivity (Wildman–Crippen MR) is 79.0 cm³/mol. The van der Waals surface area contributed by atoms with Gasteiger partial charge in [0.25, 0.3) is 0 Å². The monoisotopic (exact) mass is 302 g/mol. The zero-order valence-corrected chi connectivity index (χ0v) is 11.7. The van der Waals surface area contributed by atoms with Gasteiger partial charge in [-0.3, -0.25) is 0 Å². The lowest BCUT2D eigenvalue weighted by Crippen LogP contribution is -2.11. The number of benzene rings is 3. The Labute approximate surface area is 125 Å². The summed E-state index contributed by atoms with van der Waals surface area (Å²) < 4.78 is 37.6. The van der Waals surface area contributed by atoms with E-state index in [0.29, 0.717) is 16.2 Å². The predicted octanol–water partition coefficient (Wildman–Crippen LogP) is 4.81. The van der Waals surface area contributed by atoms with Gasteiger partial charge in [-0.2, -0.15) is 0 Å². The Bertz CT molecular complexity index is 875. The van der Waals surface area contributed by atoms with Crippen LogP contribution in [0, 0.1) is 11.6 Å². The molecule has 0 aromatic heterocycles. The third-order valence-electron chi connectivity index (χ3n) is 3.28. The highest BCUT2D eigenvalue weighted by atomic mass is 19.1. The highest BCUT2D eigenvalue weighted by Gasteiger charge is 2.17. The Kier molecular flexibility index (Phi) is 3.63. The van der Waals surface area contributed by atoms with Gasteiger partial charge >= 0.3 is 6.16 Å². The molecule has 0 atom stereocenters.